The molecule has 2 heteroatoms. The molecule has 0 spiro atoms. The second-order valence-corrected chi connectivity index (χ2v) is 8.28. The number of benzene rings is 2. The smallest absolute Gasteiger partial charge is 0.0602 e. The molecule has 2 fully saturated rings. The first-order valence-electron chi connectivity index (χ1n) is 10.9. The highest BCUT2D eigenvalue weighted by Gasteiger charge is 2.20. The minimum atomic E-state index is 0.733. The maximum atomic E-state index is 3.43. The van der Waals surface area contributed by atoms with Crippen LogP contribution in [0.3, 0.4) is 0 Å². The summed E-state index contributed by atoms with van der Waals surface area (Å²) in [4.78, 5) is 5.04. The van der Waals surface area contributed by atoms with Crippen LogP contribution in [0.4, 0.5) is 0 Å². The van der Waals surface area contributed by atoms with Gasteiger partial charge in [-0.2, -0.15) is 0 Å². The molecule has 146 valence electrons. The molecular formula is C26H32N2. The van der Waals surface area contributed by atoms with Crippen molar-refractivity contribution in [1.82, 2.24) is 9.80 Å². The molecule has 0 radical (unpaired) electrons. The van der Waals surface area contributed by atoms with Gasteiger partial charge in [0.2, 0.25) is 0 Å². The molecule has 0 amide bonds. The Bertz CT molecular complexity index is 693. The zero-order chi connectivity index (χ0) is 19.0. The van der Waals surface area contributed by atoms with Crippen LogP contribution >= 0.6 is 0 Å². The van der Waals surface area contributed by atoms with Crippen LogP contribution in [0.2, 0.25) is 0 Å². The lowest BCUT2D eigenvalue weighted by Gasteiger charge is -2.31. The van der Waals surface area contributed by atoms with Crippen molar-refractivity contribution >= 4 is 0 Å². The fourth-order valence-electron chi connectivity index (χ4n) is 4.63. The molecule has 28 heavy (non-hydrogen) atoms. The van der Waals surface area contributed by atoms with E-state index in [0.29, 0.717) is 0 Å². The molecule has 4 rings (SSSR count). The Balaban J connectivity index is 1.15. The number of piperidine rings is 2. The number of nitrogens with zero attached hydrogens (tertiary/aromatic N) is 2. The first-order valence-corrected chi connectivity index (χ1v) is 10.9. The maximum absolute atomic E-state index is 3.43. The van der Waals surface area contributed by atoms with E-state index in [2.05, 4.69) is 82.3 Å². The summed E-state index contributed by atoms with van der Waals surface area (Å²) in [5, 5.41) is 0. The fraction of sp³-hybridized carbons (Fsp3) is 0.462. The van der Waals surface area contributed by atoms with Gasteiger partial charge in [-0.05, 0) is 74.8 Å². The third-order valence-corrected chi connectivity index (χ3v) is 6.45. The molecule has 0 N–H and O–H groups in total. The maximum Gasteiger partial charge on any atom is 0.0602 e. The van der Waals surface area contributed by atoms with Gasteiger partial charge in [-0.25, -0.2) is 0 Å². The molecule has 2 aliphatic rings. The minimum absolute atomic E-state index is 0.733. The van der Waals surface area contributed by atoms with Crippen molar-refractivity contribution in [3.8, 4) is 11.8 Å². The average molecular weight is 373 g/mol. The molecule has 2 aromatic rings. The van der Waals surface area contributed by atoms with Gasteiger partial charge in [-0.1, -0.05) is 72.5 Å². The van der Waals surface area contributed by atoms with E-state index in [1.54, 1.807) is 0 Å². The molecule has 0 aromatic heterocycles. The second-order valence-electron chi connectivity index (χ2n) is 8.28. The molecule has 0 atom stereocenters. The highest BCUT2D eigenvalue weighted by Crippen LogP contribution is 2.28. The Hall–Kier alpha value is -2.08. The Morgan fingerprint density at radius 2 is 0.929 bits per heavy atom. The molecular weight excluding hydrogens is 340 g/mol. The summed E-state index contributed by atoms with van der Waals surface area (Å²) in [6.45, 7) is 6.57. The van der Waals surface area contributed by atoms with E-state index in [-0.39, 0.29) is 0 Å². The second kappa shape index (κ2) is 9.92. The average Bonchev–Trinajstić information content (AvgIpc) is 2.79. The normalized spacial score (nSPS) is 19.9. The van der Waals surface area contributed by atoms with E-state index >= 15 is 0 Å². The summed E-state index contributed by atoms with van der Waals surface area (Å²) in [5.74, 6) is 8.33. The Kier molecular flexibility index (Phi) is 6.82. The topological polar surface area (TPSA) is 6.48 Å². The summed E-state index contributed by atoms with van der Waals surface area (Å²) >= 11 is 0. The van der Waals surface area contributed by atoms with Crippen molar-refractivity contribution in [3.05, 3.63) is 71.8 Å². The monoisotopic (exact) mass is 372 g/mol. The standard InChI is InChI=1S/C26H32N2/c1-3-9-23(10-4-1)25-13-19-27(20-14-25)17-7-8-18-28-21-15-26(16-22-28)24-11-5-2-6-12-24/h1-6,9-12,25-26H,13-22H2. The molecule has 2 heterocycles. The molecule has 2 aliphatic heterocycles. The van der Waals surface area contributed by atoms with Crippen LogP contribution in [0, 0.1) is 11.8 Å². The summed E-state index contributed by atoms with van der Waals surface area (Å²) < 4.78 is 0. The van der Waals surface area contributed by atoms with Gasteiger partial charge < -0.3 is 0 Å². The van der Waals surface area contributed by atoms with Crippen molar-refractivity contribution in [2.75, 3.05) is 39.3 Å². The lowest BCUT2D eigenvalue weighted by Crippen LogP contribution is -2.34. The molecule has 2 aromatic carbocycles. The highest BCUT2D eigenvalue weighted by molar-refractivity contribution is 5.21. The van der Waals surface area contributed by atoms with Gasteiger partial charge in [0, 0.05) is 0 Å². The SMILES string of the molecule is C(#CCN1CCC(c2ccccc2)CC1)CN1CCC(c2ccccc2)CC1. The van der Waals surface area contributed by atoms with E-state index in [1.807, 2.05) is 0 Å². The van der Waals surface area contributed by atoms with Gasteiger partial charge in [0.05, 0.1) is 13.1 Å². The van der Waals surface area contributed by atoms with Crippen molar-refractivity contribution in [3.63, 3.8) is 0 Å². The van der Waals surface area contributed by atoms with E-state index in [9.17, 15) is 0 Å². The summed E-state index contributed by atoms with van der Waals surface area (Å²) in [5.41, 5.74) is 3.01. The van der Waals surface area contributed by atoms with Crippen molar-refractivity contribution in [2.24, 2.45) is 0 Å². The number of rotatable bonds is 4. The zero-order valence-corrected chi connectivity index (χ0v) is 16.9. The largest absolute Gasteiger partial charge is 0.292 e. The Morgan fingerprint density at radius 1 is 0.571 bits per heavy atom. The van der Waals surface area contributed by atoms with E-state index in [0.717, 1.165) is 24.9 Å². The zero-order valence-electron chi connectivity index (χ0n) is 16.9. The van der Waals surface area contributed by atoms with Crippen molar-refractivity contribution < 1.29 is 0 Å². The predicted molar refractivity (Wildman–Crippen MR) is 117 cm³/mol. The lowest BCUT2D eigenvalue weighted by atomic mass is 9.89. The minimum Gasteiger partial charge on any atom is -0.292 e. The van der Waals surface area contributed by atoms with E-state index in [1.165, 1.54) is 63.0 Å². The fourth-order valence-corrected chi connectivity index (χ4v) is 4.63. The molecule has 0 aliphatic carbocycles. The summed E-state index contributed by atoms with van der Waals surface area (Å²) in [6.07, 6.45) is 5.05. The van der Waals surface area contributed by atoms with Crippen LogP contribution < -0.4 is 0 Å². The molecule has 0 saturated carbocycles. The van der Waals surface area contributed by atoms with Gasteiger partial charge in [0.1, 0.15) is 0 Å². The first kappa shape index (κ1) is 19.2. The summed E-state index contributed by atoms with van der Waals surface area (Å²) in [7, 11) is 0. The van der Waals surface area contributed by atoms with Crippen LogP contribution in [-0.4, -0.2) is 49.1 Å². The van der Waals surface area contributed by atoms with Gasteiger partial charge in [-0.15, -0.1) is 0 Å². The number of likely N-dealkylation sites (tertiary alicyclic amines) is 2. The van der Waals surface area contributed by atoms with Crippen molar-refractivity contribution in [2.45, 2.75) is 37.5 Å². The van der Waals surface area contributed by atoms with Crippen molar-refractivity contribution in [1.29, 1.82) is 0 Å². The predicted octanol–water partition coefficient (Wildman–Crippen LogP) is 4.75. The van der Waals surface area contributed by atoms with E-state index < -0.39 is 0 Å². The van der Waals surface area contributed by atoms with E-state index in [4.69, 9.17) is 0 Å². The third kappa shape index (κ3) is 5.25. The van der Waals surface area contributed by atoms with Crippen LogP contribution in [0.15, 0.2) is 60.7 Å². The highest BCUT2D eigenvalue weighted by atomic mass is 15.1. The van der Waals surface area contributed by atoms with Gasteiger partial charge >= 0.3 is 0 Å². The lowest BCUT2D eigenvalue weighted by molar-refractivity contribution is 0.232. The third-order valence-electron chi connectivity index (χ3n) is 6.45. The molecule has 0 unspecified atom stereocenters. The van der Waals surface area contributed by atoms with Gasteiger partial charge in [0.15, 0.2) is 0 Å². The molecule has 0 bridgehead atoms. The Morgan fingerprint density at radius 3 is 1.29 bits per heavy atom. The quantitative estimate of drug-likeness (QED) is 0.715. The molecule has 2 saturated heterocycles. The van der Waals surface area contributed by atoms with Crippen LogP contribution in [0.1, 0.15) is 48.6 Å². The van der Waals surface area contributed by atoms with Crippen LogP contribution in [0.25, 0.3) is 0 Å². The van der Waals surface area contributed by atoms with Gasteiger partial charge in [0.25, 0.3) is 0 Å². The number of hydrogen-bond acceptors (Lipinski definition) is 2. The number of hydrogen-bond donors (Lipinski definition) is 0. The first-order chi connectivity index (χ1) is 13.9. The van der Waals surface area contributed by atoms with Crippen LogP contribution in [0.5, 0.6) is 0 Å². The van der Waals surface area contributed by atoms with Crippen LogP contribution in [-0.2, 0) is 0 Å². The summed E-state index contributed by atoms with van der Waals surface area (Å²) in [6, 6.07) is 22.0. The molecule has 2 nitrogen and oxygen atoms in total. The van der Waals surface area contributed by atoms with Gasteiger partial charge in [-0.3, -0.25) is 9.80 Å². The Labute approximate surface area is 170 Å².